The lowest BCUT2D eigenvalue weighted by atomic mass is 9.96. The number of nitrogens with one attached hydrogen (secondary N) is 1. The molecule has 0 spiro atoms. The zero-order valence-electron chi connectivity index (χ0n) is 19.9. The lowest BCUT2D eigenvalue weighted by Gasteiger charge is -2.32. The van der Waals surface area contributed by atoms with Crippen LogP contribution in [0.2, 0.25) is 5.02 Å². The number of benzene rings is 1. The number of amides is 1. The van der Waals surface area contributed by atoms with E-state index in [9.17, 15) is 18.0 Å². The van der Waals surface area contributed by atoms with Crippen LogP contribution in [0.4, 0.5) is 5.82 Å². The number of aryl methyl sites for hydroxylation is 1. The van der Waals surface area contributed by atoms with Crippen LogP contribution in [0, 0.1) is 12.8 Å². The second-order valence-corrected chi connectivity index (χ2v) is 10.5. The molecule has 35 heavy (non-hydrogen) atoms. The molecule has 0 saturated carbocycles. The van der Waals surface area contributed by atoms with Gasteiger partial charge in [0, 0.05) is 19.0 Å². The standard InChI is InChI=1S/C25H30ClN3O5S/c1-3-34-25(31)21-17-22(26)23(27-18(21)2)29-14-12-20(13-15-29)24(30)28-35(32,33)16-8-7-11-19-9-5-4-6-10-19/h4-10,17,20H,3,11-16H2,1-2H3,(H,28,30). The molecule has 0 unspecified atom stereocenters. The first-order valence-electron chi connectivity index (χ1n) is 11.5. The number of nitrogens with zero attached hydrogens (tertiary/aromatic N) is 2. The highest BCUT2D eigenvalue weighted by atomic mass is 35.5. The molecular weight excluding hydrogens is 490 g/mol. The predicted molar refractivity (Wildman–Crippen MR) is 136 cm³/mol. The highest BCUT2D eigenvalue weighted by molar-refractivity contribution is 7.90. The van der Waals surface area contributed by atoms with Gasteiger partial charge in [0.05, 0.1) is 28.6 Å². The summed E-state index contributed by atoms with van der Waals surface area (Å²) in [4.78, 5) is 31.1. The molecular formula is C25H30ClN3O5S. The highest BCUT2D eigenvalue weighted by Gasteiger charge is 2.29. The third-order valence-electron chi connectivity index (χ3n) is 5.74. The Morgan fingerprint density at radius 1 is 1.20 bits per heavy atom. The first kappa shape index (κ1) is 26.7. The first-order chi connectivity index (χ1) is 16.7. The van der Waals surface area contributed by atoms with E-state index in [4.69, 9.17) is 16.3 Å². The number of esters is 1. The minimum atomic E-state index is -3.76. The summed E-state index contributed by atoms with van der Waals surface area (Å²) in [6.07, 6.45) is 4.88. The summed E-state index contributed by atoms with van der Waals surface area (Å²) in [6.45, 7) is 4.67. The number of carbonyl (C=O) groups excluding carboxylic acids is 2. The van der Waals surface area contributed by atoms with Gasteiger partial charge in [0.15, 0.2) is 0 Å². The predicted octanol–water partition coefficient (Wildman–Crippen LogP) is 3.68. The smallest absolute Gasteiger partial charge is 0.340 e. The van der Waals surface area contributed by atoms with Gasteiger partial charge in [-0.3, -0.25) is 9.52 Å². The number of hydrogen-bond donors (Lipinski definition) is 1. The molecule has 1 aliphatic heterocycles. The first-order valence-corrected chi connectivity index (χ1v) is 13.6. The van der Waals surface area contributed by atoms with E-state index in [1.165, 1.54) is 0 Å². The number of pyridine rings is 1. The highest BCUT2D eigenvalue weighted by Crippen LogP contribution is 2.30. The van der Waals surface area contributed by atoms with Crippen molar-refractivity contribution in [3.05, 3.63) is 70.4 Å². The summed E-state index contributed by atoms with van der Waals surface area (Å²) in [6, 6.07) is 11.3. The monoisotopic (exact) mass is 519 g/mol. The molecule has 0 bridgehead atoms. The van der Waals surface area contributed by atoms with Crippen molar-refractivity contribution >= 4 is 39.3 Å². The molecule has 1 aromatic carbocycles. The van der Waals surface area contributed by atoms with E-state index in [2.05, 4.69) is 9.71 Å². The van der Waals surface area contributed by atoms with Gasteiger partial charge in [-0.1, -0.05) is 54.1 Å². The number of carbonyl (C=O) groups is 2. The van der Waals surface area contributed by atoms with Gasteiger partial charge in [0.25, 0.3) is 0 Å². The Morgan fingerprint density at radius 3 is 2.54 bits per heavy atom. The van der Waals surface area contributed by atoms with Gasteiger partial charge in [-0.2, -0.15) is 0 Å². The number of allylic oxidation sites excluding steroid dienone is 1. The maximum Gasteiger partial charge on any atom is 0.340 e. The van der Waals surface area contributed by atoms with Crippen molar-refractivity contribution in [2.45, 2.75) is 33.1 Å². The van der Waals surface area contributed by atoms with Crippen molar-refractivity contribution in [1.82, 2.24) is 9.71 Å². The Hall–Kier alpha value is -2.91. The normalized spacial score (nSPS) is 14.8. The maximum absolute atomic E-state index is 12.6. The quantitative estimate of drug-likeness (QED) is 0.398. The fraction of sp³-hybridized carbons (Fsp3) is 0.400. The Morgan fingerprint density at radius 2 is 1.89 bits per heavy atom. The Bertz CT molecular complexity index is 1180. The average Bonchev–Trinajstić information content (AvgIpc) is 2.83. The van der Waals surface area contributed by atoms with Crippen LogP contribution in [0.5, 0.6) is 0 Å². The number of piperidine rings is 1. The summed E-state index contributed by atoms with van der Waals surface area (Å²) in [7, 11) is -3.76. The van der Waals surface area contributed by atoms with Crippen molar-refractivity contribution in [1.29, 1.82) is 0 Å². The zero-order chi connectivity index (χ0) is 25.4. The largest absolute Gasteiger partial charge is 0.462 e. The minimum absolute atomic E-state index is 0.254. The molecule has 0 atom stereocenters. The molecule has 1 saturated heterocycles. The van der Waals surface area contributed by atoms with Crippen molar-refractivity contribution in [3.8, 4) is 0 Å². The van der Waals surface area contributed by atoms with Gasteiger partial charge in [-0.15, -0.1) is 0 Å². The molecule has 1 amide bonds. The lowest BCUT2D eigenvalue weighted by molar-refractivity contribution is -0.123. The van der Waals surface area contributed by atoms with Crippen LogP contribution in [0.1, 0.15) is 41.4 Å². The van der Waals surface area contributed by atoms with Gasteiger partial charge in [0.1, 0.15) is 5.82 Å². The molecule has 0 aliphatic carbocycles. The summed E-state index contributed by atoms with van der Waals surface area (Å²) in [5.41, 5.74) is 1.91. The second-order valence-electron chi connectivity index (χ2n) is 8.32. The van der Waals surface area contributed by atoms with Crippen molar-refractivity contribution in [2.24, 2.45) is 5.92 Å². The third kappa shape index (κ3) is 7.53. The van der Waals surface area contributed by atoms with E-state index in [1.54, 1.807) is 32.1 Å². The van der Waals surface area contributed by atoms with Crippen LogP contribution >= 0.6 is 11.6 Å². The van der Waals surface area contributed by atoms with Crippen LogP contribution < -0.4 is 9.62 Å². The van der Waals surface area contributed by atoms with Crippen LogP contribution in [0.25, 0.3) is 0 Å². The molecule has 1 aliphatic rings. The summed E-state index contributed by atoms with van der Waals surface area (Å²) < 4.78 is 31.9. The number of sulfonamides is 1. The molecule has 2 aromatic rings. The molecule has 0 radical (unpaired) electrons. The number of hydrogen-bond acceptors (Lipinski definition) is 7. The number of anilines is 1. The van der Waals surface area contributed by atoms with Crippen LogP contribution in [-0.2, 0) is 26.0 Å². The second kappa shape index (κ2) is 12.2. The molecule has 1 aromatic heterocycles. The van der Waals surface area contributed by atoms with E-state index in [-0.39, 0.29) is 12.4 Å². The molecule has 2 heterocycles. The maximum atomic E-state index is 12.6. The Labute approximate surface area is 211 Å². The fourth-order valence-electron chi connectivity index (χ4n) is 3.87. The topological polar surface area (TPSA) is 106 Å². The molecule has 188 valence electrons. The van der Waals surface area contributed by atoms with Gasteiger partial charge < -0.3 is 9.64 Å². The van der Waals surface area contributed by atoms with Gasteiger partial charge >= 0.3 is 5.97 Å². The van der Waals surface area contributed by atoms with Crippen molar-refractivity contribution < 1.29 is 22.7 Å². The number of halogens is 1. The molecule has 8 nitrogen and oxygen atoms in total. The van der Waals surface area contributed by atoms with Crippen molar-refractivity contribution in [3.63, 3.8) is 0 Å². The van der Waals surface area contributed by atoms with E-state index in [0.717, 1.165) is 5.56 Å². The van der Waals surface area contributed by atoms with Crippen LogP contribution in [0.3, 0.4) is 0 Å². The lowest BCUT2D eigenvalue weighted by Crippen LogP contribution is -2.43. The van der Waals surface area contributed by atoms with Gasteiger partial charge in [-0.25, -0.2) is 18.2 Å². The van der Waals surface area contributed by atoms with E-state index < -0.39 is 27.8 Å². The zero-order valence-corrected chi connectivity index (χ0v) is 21.4. The van der Waals surface area contributed by atoms with Crippen molar-refractivity contribution in [2.75, 3.05) is 30.3 Å². The average molecular weight is 520 g/mol. The Kier molecular flexibility index (Phi) is 9.28. The van der Waals surface area contributed by atoms with Gasteiger partial charge in [-0.05, 0) is 44.7 Å². The number of ether oxygens (including phenoxy) is 1. The number of rotatable bonds is 9. The molecule has 10 heteroatoms. The Balaban J connectivity index is 1.52. The third-order valence-corrected chi connectivity index (χ3v) is 7.17. The summed E-state index contributed by atoms with van der Waals surface area (Å²) >= 11 is 6.39. The van der Waals surface area contributed by atoms with E-state index >= 15 is 0 Å². The molecule has 1 fully saturated rings. The SMILES string of the molecule is CCOC(=O)c1cc(Cl)c(N2CCC(C(=O)NS(=O)(=O)CC=CCc3ccccc3)CC2)nc1C. The molecule has 3 rings (SSSR count). The minimum Gasteiger partial charge on any atom is -0.462 e. The van der Waals surface area contributed by atoms with Crippen LogP contribution in [-0.4, -0.2) is 50.7 Å². The fourth-order valence-corrected chi connectivity index (χ4v) is 5.08. The van der Waals surface area contributed by atoms with Crippen LogP contribution in [0.15, 0.2) is 48.6 Å². The molecule has 1 N–H and O–H groups in total. The summed E-state index contributed by atoms with van der Waals surface area (Å²) in [5, 5.41) is 0.325. The summed E-state index contributed by atoms with van der Waals surface area (Å²) in [5.74, 6) is -1.11. The van der Waals surface area contributed by atoms with E-state index in [1.807, 2.05) is 35.2 Å². The van der Waals surface area contributed by atoms with Gasteiger partial charge in [0.2, 0.25) is 15.9 Å². The number of aromatic nitrogens is 1. The van der Waals surface area contributed by atoms with E-state index in [0.29, 0.717) is 54.4 Å².